The fourth-order valence-corrected chi connectivity index (χ4v) is 2.72. The lowest BCUT2D eigenvalue weighted by molar-refractivity contribution is -0.127. The van der Waals surface area contributed by atoms with Crippen LogP contribution in [0.15, 0.2) is 0 Å². The van der Waals surface area contributed by atoms with Gasteiger partial charge in [0.15, 0.2) is 0 Å². The van der Waals surface area contributed by atoms with Crippen LogP contribution in [0.1, 0.15) is 32.1 Å². The molecule has 1 saturated carbocycles. The van der Waals surface area contributed by atoms with E-state index in [1.54, 1.807) is 0 Å². The summed E-state index contributed by atoms with van der Waals surface area (Å²) in [6.45, 7) is 1.04. The Balaban J connectivity index is 2.05. The predicted molar refractivity (Wildman–Crippen MR) is 51.1 cm³/mol. The molecular weight excluding hydrogens is 164 g/mol. The Bertz CT molecular complexity index is 223. The zero-order chi connectivity index (χ0) is 9.47. The number of hydrogen-bond acceptors (Lipinski definition) is 2. The number of primary amides is 1. The Kier molecular flexibility index (Phi) is 2.06. The van der Waals surface area contributed by atoms with Gasteiger partial charge in [-0.05, 0) is 45.7 Å². The molecule has 0 bridgehead atoms. The van der Waals surface area contributed by atoms with Crippen LogP contribution in [0.4, 0.5) is 0 Å². The molecule has 0 radical (unpaired) electrons. The average Bonchev–Trinajstić information content (AvgIpc) is 2.02. The molecule has 1 spiro atoms. The first-order valence-electron chi connectivity index (χ1n) is 5.15. The van der Waals surface area contributed by atoms with Gasteiger partial charge < -0.3 is 10.6 Å². The topological polar surface area (TPSA) is 46.3 Å². The van der Waals surface area contributed by atoms with Crippen LogP contribution in [-0.2, 0) is 4.79 Å². The Hall–Kier alpha value is -0.570. The molecule has 0 aromatic rings. The second-order valence-electron chi connectivity index (χ2n) is 4.59. The summed E-state index contributed by atoms with van der Waals surface area (Å²) in [5.41, 5.74) is 5.70. The SMILES string of the molecule is CN1CCC(C(N)=O)CC12CCC2. The number of hydrogen-bond donors (Lipinski definition) is 1. The van der Waals surface area contributed by atoms with Crippen molar-refractivity contribution in [2.24, 2.45) is 11.7 Å². The summed E-state index contributed by atoms with van der Waals surface area (Å²) < 4.78 is 0. The first-order valence-corrected chi connectivity index (χ1v) is 5.15. The van der Waals surface area contributed by atoms with Crippen molar-refractivity contribution < 1.29 is 4.79 Å². The second kappa shape index (κ2) is 2.98. The maximum absolute atomic E-state index is 11.1. The van der Waals surface area contributed by atoms with Crippen molar-refractivity contribution in [1.29, 1.82) is 0 Å². The minimum absolute atomic E-state index is 0.0978. The fraction of sp³-hybridized carbons (Fsp3) is 0.900. The summed E-state index contributed by atoms with van der Waals surface area (Å²) in [6.07, 6.45) is 5.78. The summed E-state index contributed by atoms with van der Waals surface area (Å²) in [7, 11) is 2.18. The Morgan fingerprint density at radius 2 is 2.23 bits per heavy atom. The van der Waals surface area contributed by atoms with E-state index in [1.165, 1.54) is 19.3 Å². The smallest absolute Gasteiger partial charge is 0.220 e. The van der Waals surface area contributed by atoms with Gasteiger partial charge in [-0.15, -0.1) is 0 Å². The first-order chi connectivity index (χ1) is 6.14. The highest BCUT2D eigenvalue weighted by Gasteiger charge is 2.45. The van der Waals surface area contributed by atoms with E-state index in [-0.39, 0.29) is 11.8 Å². The lowest BCUT2D eigenvalue weighted by Crippen LogP contribution is -2.57. The van der Waals surface area contributed by atoms with Crippen molar-refractivity contribution in [3.05, 3.63) is 0 Å². The van der Waals surface area contributed by atoms with Gasteiger partial charge in [-0.1, -0.05) is 0 Å². The lowest BCUT2D eigenvalue weighted by Gasteiger charge is -2.53. The van der Waals surface area contributed by atoms with Gasteiger partial charge in [-0.2, -0.15) is 0 Å². The number of carbonyl (C=O) groups is 1. The Labute approximate surface area is 79.3 Å². The standard InChI is InChI=1S/C10H18N2O/c1-12-6-3-8(9(11)13)7-10(12)4-2-5-10/h8H,2-7H2,1H3,(H2,11,13). The number of nitrogens with two attached hydrogens (primary N) is 1. The number of piperidine rings is 1. The highest BCUT2D eigenvalue weighted by Crippen LogP contribution is 2.45. The minimum atomic E-state index is -0.0978. The molecule has 1 amide bonds. The lowest BCUT2D eigenvalue weighted by atomic mass is 9.67. The van der Waals surface area contributed by atoms with Crippen LogP contribution in [0.3, 0.4) is 0 Å². The maximum atomic E-state index is 11.1. The molecule has 1 atom stereocenters. The molecule has 13 heavy (non-hydrogen) atoms. The third kappa shape index (κ3) is 1.35. The number of nitrogens with zero attached hydrogens (tertiary/aromatic N) is 1. The van der Waals surface area contributed by atoms with E-state index in [9.17, 15) is 4.79 Å². The van der Waals surface area contributed by atoms with E-state index in [0.29, 0.717) is 5.54 Å². The van der Waals surface area contributed by atoms with Crippen molar-refractivity contribution in [2.45, 2.75) is 37.6 Å². The van der Waals surface area contributed by atoms with Gasteiger partial charge in [0, 0.05) is 11.5 Å². The molecule has 2 N–H and O–H groups in total. The summed E-state index contributed by atoms with van der Waals surface area (Å²) in [6, 6.07) is 0. The van der Waals surface area contributed by atoms with Gasteiger partial charge in [-0.3, -0.25) is 4.79 Å². The minimum Gasteiger partial charge on any atom is -0.369 e. The van der Waals surface area contributed by atoms with E-state index in [4.69, 9.17) is 5.73 Å². The first kappa shape index (κ1) is 9.00. The molecule has 3 heteroatoms. The van der Waals surface area contributed by atoms with E-state index in [0.717, 1.165) is 19.4 Å². The summed E-state index contributed by atoms with van der Waals surface area (Å²) >= 11 is 0. The molecule has 1 unspecified atom stereocenters. The van der Waals surface area contributed by atoms with E-state index in [1.807, 2.05) is 0 Å². The Morgan fingerprint density at radius 3 is 2.69 bits per heavy atom. The summed E-state index contributed by atoms with van der Waals surface area (Å²) in [5.74, 6) is 0.0378. The Morgan fingerprint density at radius 1 is 1.54 bits per heavy atom. The van der Waals surface area contributed by atoms with Crippen LogP contribution in [0, 0.1) is 5.92 Å². The molecule has 0 aromatic carbocycles. The van der Waals surface area contributed by atoms with Crippen molar-refractivity contribution in [3.63, 3.8) is 0 Å². The van der Waals surface area contributed by atoms with E-state index >= 15 is 0 Å². The highest BCUT2D eigenvalue weighted by molar-refractivity contribution is 5.76. The van der Waals surface area contributed by atoms with Gasteiger partial charge in [-0.25, -0.2) is 0 Å². The van der Waals surface area contributed by atoms with Crippen LogP contribution in [0.5, 0.6) is 0 Å². The molecule has 2 fully saturated rings. The molecule has 1 aliphatic carbocycles. The maximum Gasteiger partial charge on any atom is 0.220 e. The highest BCUT2D eigenvalue weighted by atomic mass is 16.1. The van der Waals surface area contributed by atoms with Crippen LogP contribution in [0.2, 0.25) is 0 Å². The summed E-state index contributed by atoms with van der Waals surface area (Å²) in [4.78, 5) is 13.5. The fourth-order valence-electron chi connectivity index (χ4n) is 2.72. The van der Waals surface area contributed by atoms with Crippen molar-refractivity contribution >= 4 is 5.91 Å². The zero-order valence-corrected chi connectivity index (χ0v) is 8.25. The van der Waals surface area contributed by atoms with Crippen LogP contribution < -0.4 is 5.73 Å². The monoisotopic (exact) mass is 182 g/mol. The van der Waals surface area contributed by atoms with Crippen molar-refractivity contribution in [3.8, 4) is 0 Å². The second-order valence-corrected chi connectivity index (χ2v) is 4.59. The molecule has 2 aliphatic rings. The van der Waals surface area contributed by atoms with Gasteiger partial charge in [0.2, 0.25) is 5.91 Å². The normalized spacial score (nSPS) is 32.8. The van der Waals surface area contributed by atoms with Crippen LogP contribution >= 0.6 is 0 Å². The van der Waals surface area contributed by atoms with Crippen molar-refractivity contribution in [2.75, 3.05) is 13.6 Å². The number of rotatable bonds is 1. The van der Waals surface area contributed by atoms with Gasteiger partial charge >= 0.3 is 0 Å². The van der Waals surface area contributed by atoms with Crippen LogP contribution in [-0.4, -0.2) is 29.9 Å². The van der Waals surface area contributed by atoms with Gasteiger partial charge in [0.25, 0.3) is 0 Å². The molecular formula is C10H18N2O. The molecule has 3 nitrogen and oxygen atoms in total. The third-order valence-electron chi connectivity index (χ3n) is 3.94. The number of amides is 1. The molecule has 1 heterocycles. The quantitative estimate of drug-likeness (QED) is 0.650. The largest absolute Gasteiger partial charge is 0.369 e. The number of carbonyl (C=O) groups excluding carboxylic acids is 1. The molecule has 1 aliphatic heterocycles. The third-order valence-corrected chi connectivity index (χ3v) is 3.94. The van der Waals surface area contributed by atoms with Gasteiger partial charge in [0.05, 0.1) is 0 Å². The van der Waals surface area contributed by atoms with Crippen molar-refractivity contribution in [1.82, 2.24) is 4.90 Å². The molecule has 74 valence electrons. The van der Waals surface area contributed by atoms with E-state index in [2.05, 4.69) is 11.9 Å². The van der Waals surface area contributed by atoms with Crippen LogP contribution in [0.25, 0.3) is 0 Å². The summed E-state index contributed by atoms with van der Waals surface area (Å²) in [5, 5.41) is 0. The zero-order valence-electron chi connectivity index (χ0n) is 8.25. The number of likely N-dealkylation sites (tertiary alicyclic amines) is 1. The molecule has 1 saturated heterocycles. The average molecular weight is 182 g/mol. The predicted octanol–water partition coefficient (Wildman–Crippen LogP) is 0.736. The van der Waals surface area contributed by atoms with Gasteiger partial charge in [0.1, 0.15) is 0 Å². The molecule has 0 aromatic heterocycles. The van der Waals surface area contributed by atoms with E-state index < -0.39 is 0 Å². The molecule has 2 rings (SSSR count).